The van der Waals surface area contributed by atoms with Gasteiger partial charge in [-0.2, -0.15) is 0 Å². The van der Waals surface area contributed by atoms with E-state index >= 15 is 0 Å². The van der Waals surface area contributed by atoms with Crippen molar-refractivity contribution in [3.05, 3.63) is 88.5 Å². The van der Waals surface area contributed by atoms with E-state index in [1.54, 1.807) is 0 Å². The van der Waals surface area contributed by atoms with Crippen LogP contribution >= 0.6 is 0 Å². The second-order valence-electron chi connectivity index (χ2n) is 8.91. The van der Waals surface area contributed by atoms with Gasteiger partial charge >= 0.3 is 0 Å². The Morgan fingerprint density at radius 1 is 0.688 bits per heavy atom. The third kappa shape index (κ3) is 19.9. The SMILES string of the molecule is C=C(C)CC.C=C(CC)c1cc(C)ccc1C.CC.CC(C)C.Cc1ccc(C)c(C)c1. The van der Waals surface area contributed by atoms with Crippen molar-refractivity contribution < 1.29 is 0 Å². The zero-order valence-corrected chi connectivity index (χ0v) is 23.9. The van der Waals surface area contributed by atoms with Crippen LogP contribution < -0.4 is 0 Å². The molecule has 0 atom stereocenters. The summed E-state index contributed by atoms with van der Waals surface area (Å²) in [6, 6.07) is 13.0. The Balaban J connectivity index is -0.000000371. The van der Waals surface area contributed by atoms with Gasteiger partial charge in [0.1, 0.15) is 0 Å². The van der Waals surface area contributed by atoms with Crippen molar-refractivity contribution in [2.24, 2.45) is 5.92 Å². The Morgan fingerprint density at radius 3 is 1.38 bits per heavy atom. The van der Waals surface area contributed by atoms with E-state index in [0.717, 1.165) is 18.8 Å². The van der Waals surface area contributed by atoms with E-state index in [1.165, 1.54) is 44.5 Å². The van der Waals surface area contributed by atoms with Gasteiger partial charge in [0.15, 0.2) is 0 Å². The number of hydrogen-bond donors (Lipinski definition) is 0. The molecule has 0 saturated carbocycles. The second kappa shape index (κ2) is 20.8. The summed E-state index contributed by atoms with van der Waals surface area (Å²) in [6.07, 6.45) is 2.14. The van der Waals surface area contributed by atoms with Crippen molar-refractivity contribution in [3.8, 4) is 0 Å². The van der Waals surface area contributed by atoms with Crippen molar-refractivity contribution in [2.45, 2.75) is 103 Å². The smallest absolute Gasteiger partial charge is 0.0199 e. The molecule has 0 fully saturated rings. The Bertz CT molecular complexity index is 757. The average Bonchev–Trinajstić information content (AvgIpc) is 2.74. The molecule has 0 heteroatoms. The van der Waals surface area contributed by atoms with Crippen molar-refractivity contribution >= 4 is 5.57 Å². The first-order valence-corrected chi connectivity index (χ1v) is 12.3. The Labute approximate surface area is 202 Å². The number of benzene rings is 2. The maximum Gasteiger partial charge on any atom is -0.0199 e. The first-order chi connectivity index (χ1) is 14.8. The average molecular weight is 439 g/mol. The molecule has 182 valence electrons. The molecule has 0 nitrogen and oxygen atoms in total. The van der Waals surface area contributed by atoms with Gasteiger partial charge in [0.05, 0.1) is 0 Å². The lowest BCUT2D eigenvalue weighted by atomic mass is 9.98. The van der Waals surface area contributed by atoms with E-state index in [9.17, 15) is 0 Å². The van der Waals surface area contributed by atoms with E-state index in [2.05, 4.69) is 119 Å². The lowest BCUT2D eigenvalue weighted by Gasteiger charge is -2.07. The van der Waals surface area contributed by atoms with Crippen molar-refractivity contribution in [2.75, 3.05) is 0 Å². The summed E-state index contributed by atoms with van der Waals surface area (Å²) in [5.74, 6) is 0.833. The standard InChI is InChI=1S/C12H16.C9H12.C5H10.C4H10.C2H6/c1-5-10(3)12-8-9(2)6-7-11(12)4;1-7-4-5-8(2)9(3)6-7;1-4-5(2)3;1-4(2)3;1-2/h6-8H,3,5H2,1-2,4H3;4-6H,1-3H3;2,4H2,1,3H3;4H,1-3H3;1-2H3. The highest BCUT2D eigenvalue weighted by molar-refractivity contribution is 5.66. The number of hydrogen-bond acceptors (Lipinski definition) is 0. The molecule has 0 aliphatic rings. The molecule has 0 aliphatic heterocycles. The molecule has 0 N–H and O–H groups in total. The molecule has 2 aromatic rings. The third-order valence-corrected chi connectivity index (χ3v) is 4.47. The van der Waals surface area contributed by atoms with Gasteiger partial charge in [-0.1, -0.05) is 108 Å². The zero-order chi connectivity index (χ0) is 25.9. The van der Waals surface area contributed by atoms with Crippen LogP contribution in [0.3, 0.4) is 0 Å². The lowest BCUT2D eigenvalue weighted by Crippen LogP contribution is -1.87. The van der Waals surface area contributed by atoms with Crippen LogP contribution in [-0.4, -0.2) is 0 Å². The molecular weight excluding hydrogens is 384 g/mol. The van der Waals surface area contributed by atoms with Crippen LogP contribution in [0.5, 0.6) is 0 Å². The predicted octanol–water partition coefficient (Wildman–Crippen LogP) is 11.0. The normalized spacial score (nSPS) is 8.94. The Morgan fingerprint density at radius 2 is 1.06 bits per heavy atom. The molecule has 0 saturated heterocycles. The van der Waals surface area contributed by atoms with E-state index in [1.807, 2.05) is 20.8 Å². The molecule has 2 aromatic carbocycles. The largest absolute Gasteiger partial charge is 0.100 e. The van der Waals surface area contributed by atoms with Crippen molar-refractivity contribution in [1.82, 2.24) is 0 Å². The molecule has 0 aromatic heterocycles. The van der Waals surface area contributed by atoms with Gasteiger partial charge in [0.25, 0.3) is 0 Å². The molecule has 0 amide bonds. The summed E-state index contributed by atoms with van der Waals surface area (Å²) in [5.41, 5.74) is 10.5. The highest BCUT2D eigenvalue weighted by Gasteiger charge is 2.00. The fourth-order valence-corrected chi connectivity index (χ4v) is 2.20. The van der Waals surface area contributed by atoms with E-state index < -0.39 is 0 Å². The molecule has 0 spiro atoms. The van der Waals surface area contributed by atoms with Crippen molar-refractivity contribution in [3.63, 3.8) is 0 Å². The highest BCUT2D eigenvalue weighted by Crippen LogP contribution is 2.20. The first kappa shape index (κ1) is 34.5. The van der Waals surface area contributed by atoms with Crippen LogP contribution in [-0.2, 0) is 0 Å². The molecule has 0 bridgehead atoms. The Kier molecular flexibility index (Phi) is 22.4. The molecule has 32 heavy (non-hydrogen) atoms. The minimum atomic E-state index is 0.833. The molecule has 0 unspecified atom stereocenters. The molecule has 0 aliphatic carbocycles. The zero-order valence-electron chi connectivity index (χ0n) is 23.9. The van der Waals surface area contributed by atoms with E-state index in [4.69, 9.17) is 0 Å². The van der Waals surface area contributed by atoms with Crippen LogP contribution in [0.1, 0.15) is 102 Å². The number of allylic oxidation sites excluding steroid dienone is 2. The summed E-state index contributed by atoms with van der Waals surface area (Å²) >= 11 is 0. The van der Waals surface area contributed by atoms with Crippen molar-refractivity contribution in [1.29, 1.82) is 0 Å². The van der Waals surface area contributed by atoms with Gasteiger partial charge in [-0.3, -0.25) is 0 Å². The van der Waals surface area contributed by atoms with Gasteiger partial charge in [0.2, 0.25) is 0 Å². The quantitative estimate of drug-likeness (QED) is 0.418. The fraction of sp³-hybridized carbons (Fsp3) is 0.500. The third-order valence-electron chi connectivity index (χ3n) is 4.47. The van der Waals surface area contributed by atoms with Gasteiger partial charge < -0.3 is 0 Å². The summed E-state index contributed by atoms with van der Waals surface area (Å²) in [4.78, 5) is 0. The molecular formula is C32H54. The minimum absolute atomic E-state index is 0.833. The summed E-state index contributed by atoms with van der Waals surface area (Å²) in [5, 5.41) is 0. The van der Waals surface area contributed by atoms with E-state index in [-0.39, 0.29) is 0 Å². The van der Waals surface area contributed by atoms with Crippen LogP contribution in [0.15, 0.2) is 55.1 Å². The predicted molar refractivity (Wildman–Crippen MR) is 153 cm³/mol. The number of aryl methyl sites for hydroxylation is 5. The molecule has 2 rings (SSSR count). The highest BCUT2D eigenvalue weighted by atomic mass is 14.1. The van der Waals surface area contributed by atoms with Gasteiger partial charge in [-0.05, 0) is 88.1 Å². The van der Waals surface area contributed by atoms with Gasteiger partial charge in [-0.25, -0.2) is 0 Å². The summed E-state index contributed by atoms with van der Waals surface area (Å²) in [6.45, 7) is 35.1. The maximum absolute atomic E-state index is 4.05. The summed E-state index contributed by atoms with van der Waals surface area (Å²) in [7, 11) is 0. The number of rotatable bonds is 3. The minimum Gasteiger partial charge on any atom is -0.100 e. The monoisotopic (exact) mass is 438 g/mol. The summed E-state index contributed by atoms with van der Waals surface area (Å²) < 4.78 is 0. The topological polar surface area (TPSA) is 0 Å². The molecule has 0 heterocycles. The second-order valence-corrected chi connectivity index (χ2v) is 8.91. The molecule has 0 radical (unpaired) electrons. The maximum atomic E-state index is 4.05. The first-order valence-electron chi connectivity index (χ1n) is 12.3. The van der Waals surface area contributed by atoms with Gasteiger partial charge in [0, 0.05) is 0 Å². The Hall–Kier alpha value is -2.08. The van der Waals surface area contributed by atoms with Gasteiger partial charge in [-0.15, -0.1) is 6.58 Å². The van der Waals surface area contributed by atoms with Crippen LogP contribution in [0, 0.1) is 40.5 Å². The van der Waals surface area contributed by atoms with Crippen LogP contribution in [0.25, 0.3) is 5.57 Å². The van der Waals surface area contributed by atoms with Crippen LogP contribution in [0.2, 0.25) is 0 Å². The van der Waals surface area contributed by atoms with Crippen LogP contribution in [0.4, 0.5) is 0 Å². The van der Waals surface area contributed by atoms with E-state index in [0.29, 0.717) is 0 Å². The lowest BCUT2D eigenvalue weighted by molar-refractivity contribution is 0.737. The fourth-order valence-electron chi connectivity index (χ4n) is 2.20.